The molecule has 1 aliphatic rings. The molecule has 1 aromatic rings. The van der Waals surface area contributed by atoms with E-state index in [1.807, 2.05) is 0 Å². The van der Waals surface area contributed by atoms with Crippen molar-refractivity contribution in [1.29, 1.82) is 0 Å². The monoisotopic (exact) mass is 257 g/mol. The van der Waals surface area contributed by atoms with Crippen LogP contribution in [0.2, 0.25) is 0 Å². The van der Waals surface area contributed by atoms with Gasteiger partial charge in [0, 0.05) is 11.0 Å². The van der Waals surface area contributed by atoms with Crippen molar-refractivity contribution >= 4 is 27.6 Å². The molecule has 0 unspecified atom stereocenters. The van der Waals surface area contributed by atoms with Crippen LogP contribution in [0.25, 0.3) is 0 Å². The van der Waals surface area contributed by atoms with Gasteiger partial charge in [0.1, 0.15) is 5.82 Å². The van der Waals surface area contributed by atoms with E-state index < -0.39 is 0 Å². The van der Waals surface area contributed by atoms with Crippen molar-refractivity contribution in [2.24, 2.45) is 4.99 Å². The molecule has 0 aromatic heterocycles. The van der Waals surface area contributed by atoms with E-state index in [1.165, 1.54) is 12.1 Å². The highest BCUT2D eigenvalue weighted by molar-refractivity contribution is 9.10. The minimum Gasteiger partial charge on any atom is -0.354 e. The van der Waals surface area contributed by atoms with Crippen molar-refractivity contribution in [2.75, 3.05) is 18.4 Å². The van der Waals surface area contributed by atoms with Gasteiger partial charge in [-0.25, -0.2) is 4.39 Å². The summed E-state index contributed by atoms with van der Waals surface area (Å²) >= 11 is 3.33. The van der Waals surface area contributed by atoms with Gasteiger partial charge in [0.05, 0.1) is 12.2 Å². The Bertz CT molecular complexity index is 378. The molecule has 74 valence electrons. The number of anilines is 1. The first-order chi connectivity index (χ1) is 6.75. The third kappa shape index (κ3) is 2.04. The molecule has 3 nitrogen and oxygen atoms in total. The van der Waals surface area contributed by atoms with E-state index in [9.17, 15) is 4.39 Å². The summed E-state index contributed by atoms with van der Waals surface area (Å²) in [4.78, 5) is 4.15. The van der Waals surface area contributed by atoms with Crippen molar-refractivity contribution in [1.82, 2.24) is 5.32 Å². The van der Waals surface area contributed by atoms with Gasteiger partial charge in [-0.1, -0.05) is 0 Å². The Hall–Kier alpha value is -1.10. The van der Waals surface area contributed by atoms with E-state index in [0.717, 1.165) is 17.6 Å². The van der Waals surface area contributed by atoms with Gasteiger partial charge < -0.3 is 10.6 Å². The third-order valence-corrected chi connectivity index (χ3v) is 2.55. The van der Waals surface area contributed by atoms with Crippen LogP contribution in [0, 0.1) is 5.82 Å². The van der Waals surface area contributed by atoms with Crippen LogP contribution in [0.4, 0.5) is 10.1 Å². The molecule has 0 saturated carbocycles. The normalized spacial score (nSPS) is 14.9. The molecule has 0 spiro atoms. The maximum Gasteiger partial charge on any atom is 0.195 e. The number of nitrogens with one attached hydrogen (secondary N) is 2. The smallest absolute Gasteiger partial charge is 0.195 e. The number of benzene rings is 1. The van der Waals surface area contributed by atoms with E-state index in [4.69, 9.17) is 0 Å². The number of rotatable bonds is 1. The standard InChI is InChI=1S/C9H9BrFN3/c10-7-2-1-6(11)5-8(7)14-9-12-3-4-13-9/h1-2,5H,3-4H2,(H2,12,13,14). The molecule has 2 N–H and O–H groups in total. The summed E-state index contributed by atoms with van der Waals surface area (Å²) < 4.78 is 13.7. The van der Waals surface area contributed by atoms with Gasteiger partial charge in [-0.15, -0.1) is 0 Å². The average Bonchev–Trinajstić information content (AvgIpc) is 2.64. The molecule has 1 aromatic carbocycles. The maximum atomic E-state index is 12.9. The molecule has 0 bridgehead atoms. The fraction of sp³-hybridized carbons (Fsp3) is 0.222. The second kappa shape index (κ2) is 3.96. The molecular formula is C9H9BrFN3. The van der Waals surface area contributed by atoms with Gasteiger partial charge in [0.2, 0.25) is 0 Å². The number of hydrogen-bond acceptors (Lipinski definition) is 3. The predicted octanol–water partition coefficient (Wildman–Crippen LogP) is 1.96. The highest BCUT2D eigenvalue weighted by atomic mass is 79.9. The lowest BCUT2D eigenvalue weighted by Gasteiger charge is -2.08. The zero-order chi connectivity index (χ0) is 9.97. The second-order valence-corrected chi connectivity index (χ2v) is 3.76. The zero-order valence-corrected chi connectivity index (χ0v) is 8.94. The molecule has 0 radical (unpaired) electrons. The predicted molar refractivity (Wildman–Crippen MR) is 58.0 cm³/mol. The van der Waals surface area contributed by atoms with E-state index in [0.29, 0.717) is 11.6 Å². The van der Waals surface area contributed by atoms with E-state index in [1.54, 1.807) is 6.07 Å². The number of aliphatic imine (C=N–C) groups is 1. The summed E-state index contributed by atoms with van der Waals surface area (Å²) in [6.45, 7) is 1.59. The molecule has 0 aliphatic carbocycles. The molecule has 0 amide bonds. The van der Waals surface area contributed by atoms with Crippen LogP contribution in [-0.2, 0) is 0 Å². The summed E-state index contributed by atoms with van der Waals surface area (Å²) in [6, 6.07) is 4.49. The maximum absolute atomic E-state index is 12.9. The van der Waals surface area contributed by atoms with E-state index >= 15 is 0 Å². The van der Waals surface area contributed by atoms with Crippen LogP contribution in [0.15, 0.2) is 27.7 Å². The Kier molecular flexibility index (Phi) is 2.67. The van der Waals surface area contributed by atoms with Crippen molar-refractivity contribution < 1.29 is 4.39 Å². The van der Waals surface area contributed by atoms with Gasteiger partial charge in [0.25, 0.3) is 0 Å². The van der Waals surface area contributed by atoms with Crippen LogP contribution in [-0.4, -0.2) is 19.0 Å². The van der Waals surface area contributed by atoms with Crippen LogP contribution in [0.1, 0.15) is 0 Å². The zero-order valence-electron chi connectivity index (χ0n) is 7.35. The Morgan fingerprint density at radius 2 is 2.36 bits per heavy atom. The van der Waals surface area contributed by atoms with Crippen molar-refractivity contribution in [3.63, 3.8) is 0 Å². The molecule has 0 atom stereocenters. The largest absolute Gasteiger partial charge is 0.354 e. The lowest BCUT2D eigenvalue weighted by molar-refractivity contribution is 0.628. The summed E-state index contributed by atoms with van der Waals surface area (Å²) in [5.74, 6) is 0.422. The Morgan fingerprint density at radius 1 is 1.50 bits per heavy atom. The average molecular weight is 258 g/mol. The molecule has 1 aliphatic heterocycles. The van der Waals surface area contributed by atoms with Crippen molar-refractivity contribution in [3.8, 4) is 0 Å². The number of guanidine groups is 1. The van der Waals surface area contributed by atoms with Crippen LogP contribution < -0.4 is 10.6 Å². The van der Waals surface area contributed by atoms with Crippen LogP contribution >= 0.6 is 15.9 Å². The lowest BCUT2D eigenvalue weighted by atomic mass is 10.3. The number of halogens is 2. The van der Waals surface area contributed by atoms with Gasteiger partial charge >= 0.3 is 0 Å². The topological polar surface area (TPSA) is 36.4 Å². The van der Waals surface area contributed by atoms with Gasteiger partial charge in [0.15, 0.2) is 5.96 Å². The minimum atomic E-state index is -0.269. The molecule has 5 heteroatoms. The van der Waals surface area contributed by atoms with E-state index in [2.05, 4.69) is 31.6 Å². The quantitative estimate of drug-likeness (QED) is 0.807. The first-order valence-electron chi connectivity index (χ1n) is 4.26. The van der Waals surface area contributed by atoms with Crippen LogP contribution in [0.5, 0.6) is 0 Å². The summed E-state index contributed by atoms with van der Waals surface area (Å²) in [7, 11) is 0. The number of nitrogens with zero attached hydrogens (tertiary/aromatic N) is 1. The molecule has 0 fully saturated rings. The molecule has 14 heavy (non-hydrogen) atoms. The molecule has 1 heterocycles. The van der Waals surface area contributed by atoms with E-state index in [-0.39, 0.29) is 5.82 Å². The SMILES string of the molecule is Fc1ccc(Br)c(NC2=NCCN2)c1. The first-order valence-corrected chi connectivity index (χ1v) is 5.05. The van der Waals surface area contributed by atoms with Gasteiger partial charge in [-0.2, -0.15) is 0 Å². The second-order valence-electron chi connectivity index (χ2n) is 2.91. The molecule has 0 saturated heterocycles. The lowest BCUT2D eigenvalue weighted by Crippen LogP contribution is -2.26. The van der Waals surface area contributed by atoms with Gasteiger partial charge in [-0.05, 0) is 34.1 Å². The Labute approximate surface area is 89.5 Å². The third-order valence-electron chi connectivity index (χ3n) is 1.86. The van der Waals surface area contributed by atoms with Crippen LogP contribution in [0.3, 0.4) is 0 Å². The highest BCUT2D eigenvalue weighted by Gasteiger charge is 2.07. The highest BCUT2D eigenvalue weighted by Crippen LogP contribution is 2.22. The number of hydrogen-bond donors (Lipinski definition) is 2. The first kappa shape index (κ1) is 9.45. The summed E-state index contributed by atoms with van der Waals surface area (Å²) in [5.41, 5.74) is 0.679. The molecular weight excluding hydrogens is 249 g/mol. The Morgan fingerprint density at radius 3 is 3.07 bits per heavy atom. The summed E-state index contributed by atoms with van der Waals surface area (Å²) in [5, 5.41) is 6.05. The van der Waals surface area contributed by atoms with Crippen molar-refractivity contribution in [2.45, 2.75) is 0 Å². The fourth-order valence-electron chi connectivity index (χ4n) is 1.20. The summed E-state index contributed by atoms with van der Waals surface area (Å²) in [6.07, 6.45) is 0. The minimum absolute atomic E-state index is 0.269. The van der Waals surface area contributed by atoms with Gasteiger partial charge in [-0.3, -0.25) is 4.99 Å². The molecule has 2 rings (SSSR count). The Balaban J connectivity index is 2.19. The van der Waals surface area contributed by atoms with Crippen molar-refractivity contribution in [3.05, 3.63) is 28.5 Å². The fourth-order valence-corrected chi connectivity index (χ4v) is 1.55.